The van der Waals surface area contributed by atoms with Gasteiger partial charge in [0.25, 0.3) is 0 Å². The molecule has 1 N–H and O–H groups in total. The molecule has 2 bridgehead atoms. The van der Waals surface area contributed by atoms with Gasteiger partial charge in [-0.2, -0.15) is 5.10 Å². The first-order valence-electron chi connectivity index (χ1n) is 11.5. The van der Waals surface area contributed by atoms with Crippen molar-refractivity contribution >= 4 is 22.8 Å². The maximum Gasteiger partial charge on any atom is 0.171 e. The lowest BCUT2D eigenvalue weighted by molar-refractivity contribution is 0.0334. The maximum atomic E-state index is 15.9. The van der Waals surface area contributed by atoms with Gasteiger partial charge in [0.2, 0.25) is 0 Å². The van der Waals surface area contributed by atoms with Gasteiger partial charge in [0, 0.05) is 25.0 Å². The van der Waals surface area contributed by atoms with Crippen molar-refractivity contribution in [2.75, 3.05) is 0 Å². The molecule has 170 valence electrons. The molecule has 7 nitrogen and oxygen atoms in total. The molecule has 3 aliphatic carbocycles. The monoisotopic (exact) mass is 465 g/mol. The van der Waals surface area contributed by atoms with Crippen LogP contribution >= 0.6 is 11.6 Å². The second-order valence-electron chi connectivity index (χ2n) is 9.55. The van der Waals surface area contributed by atoms with Crippen LogP contribution in [0.1, 0.15) is 38.3 Å². The number of halogens is 2. The second kappa shape index (κ2) is 7.87. The summed E-state index contributed by atoms with van der Waals surface area (Å²) >= 11 is 6.10. The van der Waals surface area contributed by atoms with Crippen LogP contribution in [0.2, 0.25) is 5.15 Å². The van der Waals surface area contributed by atoms with Gasteiger partial charge in [-0.15, -0.1) is 0 Å². The van der Waals surface area contributed by atoms with E-state index in [1.165, 1.54) is 31.9 Å². The highest BCUT2D eigenvalue weighted by molar-refractivity contribution is 6.29. The van der Waals surface area contributed by atoms with Crippen LogP contribution in [0.4, 0.5) is 4.39 Å². The van der Waals surface area contributed by atoms with Crippen molar-refractivity contribution < 1.29 is 4.39 Å². The van der Waals surface area contributed by atoms with Gasteiger partial charge in [0.1, 0.15) is 16.4 Å². The van der Waals surface area contributed by atoms with E-state index >= 15 is 4.39 Å². The Balaban J connectivity index is 1.49. The summed E-state index contributed by atoms with van der Waals surface area (Å²) in [4.78, 5) is 21.2. The second-order valence-corrected chi connectivity index (χ2v) is 9.94. The number of hydrogen-bond acceptors (Lipinski definition) is 5. The normalized spacial score (nSPS) is 24.6. The molecule has 0 aliphatic heterocycles. The standard InChI is InChI=1S/C24H25ClFN7/c1-12-13-3-5-14(6-4-13)16(12)7-18-20(26)21(15-8-29-33(2)11-15)32-23(30-18)17-9-27-24-22(17)31-19(25)10-28-24/h8-14,16H,3-7H2,1-2H3,(H,27,28)/t12-,13?,14?,16+/m0/s1. The van der Waals surface area contributed by atoms with Crippen LogP contribution in [0.25, 0.3) is 33.8 Å². The molecule has 33 heavy (non-hydrogen) atoms. The molecule has 7 rings (SSSR count). The van der Waals surface area contributed by atoms with E-state index in [-0.39, 0.29) is 16.7 Å². The Morgan fingerprint density at radius 3 is 2.64 bits per heavy atom. The molecule has 0 spiro atoms. The topological polar surface area (TPSA) is 85.2 Å². The first-order valence-corrected chi connectivity index (χ1v) is 11.9. The quantitative estimate of drug-likeness (QED) is 0.446. The van der Waals surface area contributed by atoms with E-state index in [0.717, 1.165) is 5.92 Å². The molecule has 0 aromatic carbocycles. The number of hydrogen-bond donors (Lipinski definition) is 1. The van der Waals surface area contributed by atoms with Gasteiger partial charge in [-0.3, -0.25) is 4.68 Å². The number of nitrogens with zero attached hydrogens (tertiary/aromatic N) is 6. The Morgan fingerprint density at radius 1 is 1.12 bits per heavy atom. The minimum Gasteiger partial charge on any atom is -0.344 e. The highest BCUT2D eigenvalue weighted by atomic mass is 35.5. The van der Waals surface area contributed by atoms with Gasteiger partial charge >= 0.3 is 0 Å². The number of H-pyrrole nitrogens is 1. The zero-order valence-corrected chi connectivity index (χ0v) is 19.3. The fourth-order valence-corrected chi connectivity index (χ4v) is 6.11. The molecular weight excluding hydrogens is 441 g/mol. The van der Waals surface area contributed by atoms with Gasteiger partial charge in [-0.05, 0) is 55.8 Å². The number of fused-ring (bicyclic) bond motifs is 4. The van der Waals surface area contributed by atoms with Crippen LogP contribution in [0.3, 0.4) is 0 Å². The van der Waals surface area contributed by atoms with E-state index in [0.29, 0.717) is 58.0 Å². The summed E-state index contributed by atoms with van der Waals surface area (Å²) in [5.41, 5.74) is 3.17. The Kier molecular flexibility index (Phi) is 4.94. The summed E-state index contributed by atoms with van der Waals surface area (Å²) in [7, 11) is 1.81. The van der Waals surface area contributed by atoms with Crippen molar-refractivity contribution in [1.82, 2.24) is 34.7 Å². The smallest absolute Gasteiger partial charge is 0.171 e. The fraction of sp³-hybridized carbons (Fsp3) is 0.458. The van der Waals surface area contributed by atoms with Crippen LogP contribution in [0.5, 0.6) is 0 Å². The predicted octanol–water partition coefficient (Wildman–Crippen LogP) is 5.22. The zero-order valence-electron chi connectivity index (χ0n) is 18.6. The summed E-state index contributed by atoms with van der Waals surface area (Å²) in [6.07, 6.45) is 12.4. The van der Waals surface area contributed by atoms with E-state index in [2.05, 4.69) is 32.0 Å². The highest BCUT2D eigenvalue weighted by Gasteiger charge is 2.41. The Bertz CT molecular complexity index is 1340. The van der Waals surface area contributed by atoms with Gasteiger partial charge < -0.3 is 4.98 Å². The third kappa shape index (κ3) is 3.51. The molecule has 0 saturated heterocycles. The van der Waals surface area contributed by atoms with Crippen molar-refractivity contribution in [3.8, 4) is 22.6 Å². The summed E-state index contributed by atoms with van der Waals surface area (Å²) < 4.78 is 17.5. The predicted molar refractivity (Wildman–Crippen MR) is 124 cm³/mol. The van der Waals surface area contributed by atoms with Crippen molar-refractivity contribution in [3.05, 3.63) is 41.5 Å². The fourth-order valence-electron chi connectivity index (χ4n) is 5.98. The third-order valence-electron chi connectivity index (χ3n) is 7.76. The van der Waals surface area contributed by atoms with E-state index in [4.69, 9.17) is 16.6 Å². The molecule has 0 radical (unpaired) electrons. The Morgan fingerprint density at radius 2 is 1.91 bits per heavy atom. The van der Waals surface area contributed by atoms with Gasteiger partial charge in [-0.25, -0.2) is 24.3 Å². The van der Waals surface area contributed by atoms with Crippen molar-refractivity contribution in [2.45, 2.75) is 39.0 Å². The van der Waals surface area contributed by atoms with Crippen molar-refractivity contribution in [1.29, 1.82) is 0 Å². The lowest BCUT2D eigenvalue weighted by atomic mass is 9.58. The largest absolute Gasteiger partial charge is 0.344 e. The molecular formula is C24H25ClFN7. The first-order chi connectivity index (χ1) is 16.0. The van der Waals surface area contributed by atoms with Crippen molar-refractivity contribution in [3.63, 3.8) is 0 Å². The molecule has 9 heteroatoms. The Hall–Kier alpha value is -2.87. The minimum atomic E-state index is -0.357. The molecule has 0 amide bonds. The summed E-state index contributed by atoms with van der Waals surface area (Å²) in [6, 6.07) is 0. The lowest BCUT2D eigenvalue weighted by Gasteiger charge is -2.47. The number of aromatic amines is 1. The van der Waals surface area contributed by atoms with Crippen LogP contribution < -0.4 is 0 Å². The molecule has 4 aromatic heterocycles. The van der Waals surface area contributed by atoms with Crippen LogP contribution in [-0.4, -0.2) is 34.7 Å². The summed E-state index contributed by atoms with van der Waals surface area (Å²) in [5, 5.41) is 4.50. The molecule has 4 heterocycles. The highest BCUT2D eigenvalue weighted by Crippen LogP contribution is 2.50. The lowest BCUT2D eigenvalue weighted by Crippen LogP contribution is -2.39. The number of rotatable bonds is 4. The van der Waals surface area contributed by atoms with Crippen LogP contribution in [0.15, 0.2) is 24.8 Å². The number of aryl methyl sites for hydroxylation is 1. The SMILES string of the molecule is C[C@H]1C2CCC(CC2)[C@@H]1Cc1nc(-c2c[nH]c3ncc(Cl)nc23)nc(-c2cnn(C)c2)c1F. The van der Waals surface area contributed by atoms with E-state index in [1.54, 1.807) is 23.3 Å². The van der Waals surface area contributed by atoms with Gasteiger partial charge in [-0.1, -0.05) is 18.5 Å². The molecule has 3 fully saturated rings. The van der Waals surface area contributed by atoms with E-state index in [9.17, 15) is 0 Å². The third-order valence-corrected chi connectivity index (χ3v) is 7.94. The Labute approximate surface area is 195 Å². The number of aromatic nitrogens is 7. The van der Waals surface area contributed by atoms with E-state index in [1.807, 2.05) is 7.05 Å². The molecule has 3 saturated carbocycles. The number of nitrogens with one attached hydrogen (secondary N) is 1. The van der Waals surface area contributed by atoms with Crippen LogP contribution in [0, 0.1) is 29.5 Å². The summed E-state index contributed by atoms with van der Waals surface area (Å²) in [6.45, 7) is 2.33. The van der Waals surface area contributed by atoms with Gasteiger partial charge in [0.15, 0.2) is 17.3 Å². The zero-order chi connectivity index (χ0) is 22.7. The molecule has 2 atom stereocenters. The first kappa shape index (κ1) is 20.7. The average molecular weight is 466 g/mol. The molecule has 4 aromatic rings. The molecule has 0 unspecified atom stereocenters. The van der Waals surface area contributed by atoms with Crippen molar-refractivity contribution in [2.24, 2.45) is 30.7 Å². The van der Waals surface area contributed by atoms with Crippen LogP contribution in [-0.2, 0) is 13.5 Å². The van der Waals surface area contributed by atoms with Gasteiger partial charge in [0.05, 0.1) is 23.7 Å². The molecule has 3 aliphatic rings. The minimum absolute atomic E-state index is 0.265. The van der Waals surface area contributed by atoms with E-state index < -0.39 is 0 Å². The maximum absolute atomic E-state index is 15.9. The summed E-state index contributed by atoms with van der Waals surface area (Å²) in [5.74, 6) is 2.46. The average Bonchev–Trinajstić information content (AvgIpc) is 3.43.